The van der Waals surface area contributed by atoms with Gasteiger partial charge in [-0.3, -0.25) is 0 Å². The van der Waals surface area contributed by atoms with Gasteiger partial charge < -0.3 is 9.52 Å². The summed E-state index contributed by atoms with van der Waals surface area (Å²) in [5, 5.41) is 10.1. The summed E-state index contributed by atoms with van der Waals surface area (Å²) in [7, 11) is 0. The van der Waals surface area contributed by atoms with Crippen molar-refractivity contribution in [3.8, 4) is 0 Å². The van der Waals surface area contributed by atoms with Gasteiger partial charge in [0.15, 0.2) is 12.0 Å². The molecule has 128 valence electrons. The summed E-state index contributed by atoms with van der Waals surface area (Å²) in [5.41, 5.74) is 6.86. The lowest BCUT2D eigenvalue weighted by Gasteiger charge is -2.29. The summed E-state index contributed by atoms with van der Waals surface area (Å²) >= 11 is 0. The molecule has 0 unspecified atom stereocenters. The Hall–Kier alpha value is -1.61. The zero-order chi connectivity index (χ0) is 17.2. The first-order chi connectivity index (χ1) is 11.3. The number of hydrogen-bond acceptors (Lipinski definition) is 3. The van der Waals surface area contributed by atoms with Crippen LogP contribution in [0.1, 0.15) is 80.5 Å². The predicted octanol–water partition coefficient (Wildman–Crippen LogP) is 5.18. The van der Waals surface area contributed by atoms with E-state index in [9.17, 15) is 5.11 Å². The summed E-state index contributed by atoms with van der Waals surface area (Å²) in [6, 6.07) is 0. The predicted molar refractivity (Wildman–Crippen MR) is 96.5 cm³/mol. The van der Waals surface area contributed by atoms with Crippen LogP contribution in [-0.2, 0) is 0 Å². The van der Waals surface area contributed by atoms with Crippen LogP contribution in [0.25, 0.3) is 11.1 Å². The lowest BCUT2D eigenvalue weighted by atomic mass is 9.75. The molecule has 1 aromatic heterocycles. The minimum atomic E-state index is -0.778. The number of benzene rings is 1. The second kappa shape index (κ2) is 5.19. The Kier molecular flexibility index (Phi) is 3.44. The molecule has 0 spiro atoms. The molecule has 0 fully saturated rings. The number of fused-ring (bicyclic) bond motifs is 2. The van der Waals surface area contributed by atoms with E-state index in [1.54, 1.807) is 6.39 Å². The van der Waals surface area contributed by atoms with Gasteiger partial charge in [0.05, 0.1) is 5.60 Å². The third-order valence-electron chi connectivity index (χ3n) is 6.17. The van der Waals surface area contributed by atoms with E-state index < -0.39 is 5.60 Å². The largest absolute Gasteiger partial charge is 0.443 e. The normalized spacial score (nSPS) is 29.6. The van der Waals surface area contributed by atoms with Crippen LogP contribution in [0.2, 0.25) is 0 Å². The molecule has 4 rings (SSSR count). The van der Waals surface area contributed by atoms with Gasteiger partial charge in [-0.05, 0) is 68.1 Å². The van der Waals surface area contributed by atoms with E-state index in [1.807, 2.05) is 19.9 Å². The van der Waals surface area contributed by atoms with Gasteiger partial charge in [-0.15, -0.1) is 0 Å². The topological polar surface area (TPSA) is 46.3 Å². The Morgan fingerprint density at radius 3 is 2.67 bits per heavy atom. The number of rotatable bonds is 2. The molecule has 0 saturated heterocycles. The summed E-state index contributed by atoms with van der Waals surface area (Å²) < 4.78 is 5.81. The average Bonchev–Trinajstić information content (AvgIpc) is 3.07. The zero-order valence-electron chi connectivity index (χ0n) is 15.3. The minimum Gasteiger partial charge on any atom is -0.443 e. The zero-order valence-corrected chi connectivity index (χ0v) is 15.3. The molecule has 2 aliphatic carbocycles. The van der Waals surface area contributed by atoms with Gasteiger partial charge in [-0.25, -0.2) is 4.98 Å². The molecule has 2 aromatic rings. The highest BCUT2D eigenvalue weighted by molar-refractivity contribution is 5.85. The van der Waals surface area contributed by atoms with Crippen LogP contribution in [0, 0.1) is 12.8 Å². The van der Waals surface area contributed by atoms with Crippen LogP contribution in [-0.4, -0.2) is 15.7 Å². The molecule has 2 aliphatic rings. The third-order valence-corrected chi connectivity index (χ3v) is 6.17. The number of aromatic nitrogens is 1. The summed E-state index contributed by atoms with van der Waals surface area (Å²) in [4.78, 5) is 4.52. The first-order valence-electron chi connectivity index (χ1n) is 9.10. The number of aliphatic hydroxyl groups is 1. The molecular formula is C21H27NO2. The maximum absolute atomic E-state index is 10.1. The van der Waals surface area contributed by atoms with E-state index in [2.05, 4.69) is 31.8 Å². The fourth-order valence-corrected chi connectivity index (χ4v) is 4.99. The second-order valence-electron chi connectivity index (χ2n) is 8.38. The van der Waals surface area contributed by atoms with Crippen molar-refractivity contribution in [2.24, 2.45) is 5.92 Å². The minimum absolute atomic E-state index is 0.349. The molecule has 1 heterocycles. The van der Waals surface area contributed by atoms with E-state index in [0.29, 0.717) is 23.7 Å². The van der Waals surface area contributed by atoms with Crippen LogP contribution < -0.4 is 0 Å². The Balaban J connectivity index is 1.99. The molecular weight excluding hydrogens is 298 g/mol. The van der Waals surface area contributed by atoms with E-state index >= 15 is 0 Å². The Morgan fingerprint density at radius 2 is 1.96 bits per heavy atom. The van der Waals surface area contributed by atoms with Crippen LogP contribution in [0.5, 0.6) is 0 Å². The SMILES string of the molecule is Cc1c2c3c(c4ocnc14)[C@@H](C)CC[C@@H]3[C@@H](C)[C@@H]2/C=C/C(C)(C)O. The molecule has 0 bridgehead atoms. The number of hydrogen-bond donors (Lipinski definition) is 1. The average molecular weight is 325 g/mol. The van der Waals surface area contributed by atoms with Gasteiger partial charge >= 0.3 is 0 Å². The molecule has 3 nitrogen and oxygen atoms in total. The van der Waals surface area contributed by atoms with Crippen molar-refractivity contribution in [3.05, 3.63) is 40.8 Å². The molecule has 3 heteroatoms. The molecule has 1 aromatic carbocycles. The van der Waals surface area contributed by atoms with Gasteiger partial charge in [0, 0.05) is 11.5 Å². The highest BCUT2D eigenvalue weighted by Gasteiger charge is 2.44. The van der Waals surface area contributed by atoms with E-state index in [0.717, 1.165) is 11.1 Å². The highest BCUT2D eigenvalue weighted by Crippen LogP contribution is 2.58. The third kappa shape index (κ3) is 2.17. The van der Waals surface area contributed by atoms with E-state index in [4.69, 9.17) is 4.42 Å². The summed E-state index contributed by atoms with van der Waals surface area (Å²) in [6.07, 6.45) is 8.22. The lowest BCUT2D eigenvalue weighted by Crippen LogP contribution is -2.16. The number of oxazole rings is 1. The fraction of sp³-hybridized carbons (Fsp3) is 0.571. The Labute approximate surface area is 143 Å². The van der Waals surface area contributed by atoms with Gasteiger partial charge in [0.2, 0.25) is 0 Å². The number of nitrogens with zero attached hydrogens (tertiary/aromatic N) is 1. The fourth-order valence-electron chi connectivity index (χ4n) is 4.99. The van der Waals surface area contributed by atoms with Crippen molar-refractivity contribution in [1.82, 2.24) is 4.98 Å². The molecule has 24 heavy (non-hydrogen) atoms. The summed E-state index contributed by atoms with van der Waals surface area (Å²) in [6.45, 7) is 10.5. The van der Waals surface area contributed by atoms with Crippen molar-refractivity contribution in [2.45, 2.75) is 70.8 Å². The monoisotopic (exact) mass is 325 g/mol. The van der Waals surface area contributed by atoms with Crippen LogP contribution >= 0.6 is 0 Å². The molecule has 0 amide bonds. The lowest BCUT2D eigenvalue weighted by molar-refractivity contribution is 0.132. The second-order valence-corrected chi connectivity index (χ2v) is 8.38. The van der Waals surface area contributed by atoms with Crippen molar-refractivity contribution in [1.29, 1.82) is 0 Å². The molecule has 1 N–H and O–H groups in total. The van der Waals surface area contributed by atoms with E-state index in [1.165, 1.54) is 35.1 Å². The van der Waals surface area contributed by atoms with Crippen LogP contribution in [0.15, 0.2) is 23.0 Å². The number of allylic oxidation sites excluding steroid dienone is 1. The smallest absolute Gasteiger partial charge is 0.182 e. The Bertz CT molecular complexity index is 824. The van der Waals surface area contributed by atoms with Crippen LogP contribution in [0.4, 0.5) is 0 Å². The van der Waals surface area contributed by atoms with Gasteiger partial charge in [-0.2, -0.15) is 0 Å². The first-order valence-corrected chi connectivity index (χ1v) is 9.10. The van der Waals surface area contributed by atoms with E-state index in [-0.39, 0.29) is 0 Å². The molecule has 0 saturated carbocycles. The molecule has 0 radical (unpaired) electrons. The molecule has 0 aliphatic heterocycles. The van der Waals surface area contributed by atoms with Crippen molar-refractivity contribution in [2.75, 3.05) is 0 Å². The standard InChI is InChI=1S/C21H27NO2/c1-11-6-7-14-12(2)15(8-9-21(4,5)23)17-13(3)19-20(24-10-22-19)16(11)18(14)17/h8-12,14-15,23H,6-7H2,1-5H3/b9-8+/t11-,12+,14+,15-/m0/s1. The van der Waals surface area contributed by atoms with Crippen molar-refractivity contribution < 1.29 is 9.52 Å². The highest BCUT2D eigenvalue weighted by atomic mass is 16.3. The Morgan fingerprint density at radius 1 is 1.21 bits per heavy atom. The van der Waals surface area contributed by atoms with Crippen LogP contribution in [0.3, 0.4) is 0 Å². The maximum atomic E-state index is 10.1. The first kappa shape index (κ1) is 15.9. The number of aryl methyl sites for hydroxylation is 1. The van der Waals surface area contributed by atoms with Crippen molar-refractivity contribution >= 4 is 11.1 Å². The van der Waals surface area contributed by atoms with Gasteiger partial charge in [0.25, 0.3) is 0 Å². The van der Waals surface area contributed by atoms with Gasteiger partial charge in [0.1, 0.15) is 5.52 Å². The quantitative estimate of drug-likeness (QED) is 0.774. The molecule has 4 atom stereocenters. The van der Waals surface area contributed by atoms with Crippen molar-refractivity contribution in [3.63, 3.8) is 0 Å². The summed E-state index contributed by atoms with van der Waals surface area (Å²) in [5.74, 6) is 2.02. The van der Waals surface area contributed by atoms with Gasteiger partial charge in [-0.1, -0.05) is 26.0 Å². The maximum Gasteiger partial charge on any atom is 0.182 e.